The molecule has 6 atom stereocenters. The first-order valence-electron chi connectivity index (χ1n) is 12.7. The number of carbonyl (C=O) groups excluding carboxylic acids is 2. The van der Waals surface area contributed by atoms with Crippen LogP contribution in [0.1, 0.15) is 69.5 Å². The number of esters is 2. The van der Waals surface area contributed by atoms with E-state index < -0.39 is 12.2 Å². The highest BCUT2D eigenvalue weighted by Gasteiger charge is 2.63. The van der Waals surface area contributed by atoms with Crippen molar-refractivity contribution in [3.05, 3.63) is 107 Å². The fourth-order valence-corrected chi connectivity index (χ4v) is 6.73. The number of rotatable bonds is 5. The molecule has 0 saturated heterocycles. The van der Waals surface area contributed by atoms with Crippen LogP contribution >= 0.6 is 0 Å². The molecule has 3 aromatic carbocycles. The fraction of sp³-hybridized carbons (Fsp3) is 0.355. The first-order valence-corrected chi connectivity index (χ1v) is 12.7. The molecule has 4 nitrogen and oxygen atoms in total. The Morgan fingerprint density at radius 1 is 0.743 bits per heavy atom. The lowest BCUT2D eigenvalue weighted by atomic mass is 9.76. The second-order valence-electron chi connectivity index (χ2n) is 10.5. The quantitative estimate of drug-likeness (QED) is 0.422. The molecule has 0 spiro atoms. The van der Waals surface area contributed by atoms with E-state index in [2.05, 4.69) is 32.0 Å². The van der Waals surface area contributed by atoms with Gasteiger partial charge in [0.2, 0.25) is 0 Å². The SMILES string of the molecule is CC(C)c1ccc2c(c1)C1C(C2)C2CC1C(OC(=O)c1ccccc1)C2OC(=O)c1ccccc1. The summed E-state index contributed by atoms with van der Waals surface area (Å²) in [6, 6.07) is 25.0. The van der Waals surface area contributed by atoms with Crippen molar-refractivity contribution in [2.75, 3.05) is 0 Å². The second-order valence-corrected chi connectivity index (χ2v) is 10.5. The Bertz CT molecular complexity index is 1250. The lowest BCUT2D eigenvalue weighted by Crippen LogP contribution is -2.45. The van der Waals surface area contributed by atoms with Gasteiger partial charge in [0.05, 0.1) is 11.1 Å². The van der Waals surface area contributed by atoms with E-state index in [1.807, 2.05) is 36.4 Å². The Balaban J connectivity index is 1.33. The molecule has 3 aliphatic rings. The molecule has 6 rings (SSSR count). The Labute approximate surface area is 206 Å². The first kappa shape index (κ1) is 22.1. The summed E-state index contributed by atoms with van der Waals surface area (Å²) in [6.07, 6.45) is 1.04. The summed E-state index contributed by atoms with van der Waals surface area (Å²) >= 11 is 0. The van der Waals surface area contributed by atoms with E-state index in [0.717, 1.165) is 12.8 Å². The van der Waals surface area contributed by atoms with Gasteiger partial charge in [-0.3, -0.25) is 0 Å². The van der Waals surface area contributed by atoms with Crippen LogP contribution in [-0.4, -0.2) is 24.1 Å². The largest absolute Gasteiger partial charge is 0.455 e. The van der Waals surface area contributed by atoms with Gasteiger partial charge in [-0.1, -0.05) is 68.4 Å². The molecule has 0 amide bonds. The Morgan fingerprint density at radius 2 is 1.31 bits per heavy atom. The van der Waals surface area contributed by atoms with Gasteiger partial charge in [-0.05, 0) is 71.6 Å². The molecule has 3 aromatic rings. The Hall–Kier alpha value is -3.40. The van der Waals surface area contributed by atoms with Crippen LogP contribution in [0.25, 0.3) is 0 Å². The van der Waals surface area contributed by atoms with Crippen molar-refractivity contribution in [2.24, 2.45) is 17.8 Å². The van der Waals surface area contributed by atoms with Crippen molar-refractivity contribution in [2.45, 2.75) is 50.7 Å². The normalized spacial score (nSPS) is 28.0. The monoisotopic (exact) mass is 466 g/mol. The van der Waals surface area contributed by atoms with E-state index in [4.69, 9.17) is 9.47 Å². The molecule has 2 bridgehead atoms. The minimum absolute atomic E-state index is 0.148. The molecule has 0 radical (unpaired) electrons. The lowest BCUT2D eigenvalue weighted by molar-refractivity contribution is -0.0698. The molecule has 2 fully saturated rings. The summed E-state index contributed by atoms with van der Waals surface area (Å²) in [4.78, 5) is 26.1. The van der Waals surface area contributed by atoms with Crippen molar-refractivity contribution in [1.29, 1.82) is 0 Å². The summed E-state index contributed by atoms with van der Waals surface area (Å²) in [6.45, 7) is 4.44. The smallest absolute Gasteiger partial charge is 0.338 e. The summed E-state index contributed by atoms with van der Waals surface area (Å²) in [5, 5.41) is 0. The highest BCUT2D eigenvalue weighted by Crippen LogP contribution is 2.63. The van der Waals surface area contributed by atoms with Crippen molar-refractivity contribution < 1.29 is 19.1 Å². The summed E-state index contributed by atoms with van der Waals surface area (Å²) < 4.78 is 12.3. The highest BCUT2D eigenvalue weighted by atomic mass is 16.6. The minimum Gasteiger partial charge on any atom is -0.455 e. The molecule has 0 aromatic heterocycles. The van der Waals surface area contributed by atoms with E-state index in [0.29, 0.717) is 28.9 Å². The standard InChI is InChI=1S/C31H30O4/c1-18(2)21-13-14-22-16-24-25-17-26(27(24)23(22)15-21)29(35-31(33)20-11-7-4-8-12-20)28(25)34-30(32)19-9-5-3-6-10-19/h3-15,18,24-29H,16-17H2,1-2H3. The van der Waals surface area contributed by atoms with Gasteiger partial charge in [0.15, 0.2) is 0 Å². The van der Waals surface area contributed by atoms with Crippen molar-refractivity contribution in [3.8, 4) is 0 Å². The predicted molar refractivity (Wildman–Crippen MR) is 133 cm³/mol. The van der Waals surface area contributed by atoms with Crippen LogP contribution < -0.4 is 0 Å². The zero-order valence-electron chi connectivity index (χ0n) is 20.1. The zero-order chi connectivity index (χ0) is 24.1. The number of ether oxygens (including phenoxy) is 2. The van der Waals surface area contributed by atoms with E-state index >= 15 is 0 Å². The maximum Gasteiger partial charge on any atom is 0.338 e. The van der Waals surface area contributed by atoms with Gasteiger partial charge in [0, 0.05) is 11.8 Å². The van der Waals surface area contributed by atoms with E-state index in [9.17, 15) is 9.59 Å². The van der Waals surface area contributed by atoms with Gasteiger partial charge in [0.25, 0.3) is 0 Å². The van der Waals surface area contributed by atoms with Crippen molar-refractivity contribution >= 4 is 11.9 Å². The number of hydrogen-bond donors (Lipinski definition) is 0. The zero-order valence-corrected chi connectivity index (χ0v) is 20.1. The average Bonchev–Trinajstić information content (AvgIpc) is 3.54. The number of hydrogen-bond acceptors (Lipinski definition) is 4. The second kappa shape index (κ2) is 8.67. The maximum atomic E-state index is 13.1. The lowest BCUT2D eigenvalue weighted by Gasteiger charge is -2.37. The number of benzene rings is 3. The number of carbonyl (C=O) groups is 2. The van der Waals surface area contributed by atoms with Gasteiger partial charge in [-0.15, -0.1) is 0 Å². The molecule has 0 heterocycles. The van der Waals surface area contributed by atoms with Crippen LogP contribution in [0.2, 0.25) is 0 Å². The van der Waals surface area contributed by atoms with Crippen LogP contribution in [-0.2, 0) is 15.9 Å². The summed E-state index contributed by atoms with van der Waals surface area (Å²) in [5.74, 6) is 0.847. The van der Waals surface area contributed by atoms with Crippen LogP contribution in [0.3, 0.4) is 0 Å². The van der Waals surface area contributed by atoms with Gasteiger partial charge in [-0.25, -0.2) is 9.59 Å². The summed E-state index contributed by atoms with van der Waals surface area (Å²) in [5.41, 5.74) is 5.19. The number of fused-ring (bicyclic) bond motifs is 7. The third kappa shape index (κ3) is 3.76. The molecule has 35 heavy (non-hydrogen) atoms. The highest BCUT2D eigenvalue weighted by molar-refractivity contribution is 5.90. The molecule has 2 saturated carbocycles. The van der Waals surface area contributed by atoms with Gasteiger partial charge in [0.1, 0.15) is 12.2 Å². The molecule has 0 N–H and O–H groups in total. The van der Waals surface area contributed by atoms with Crippen molar-refractivity contribution in [3.63, 3.8) is 0 Å². The molecule has 3 aliphatic carbocycles. The average molecular weight is 467 g/mol. The fourth-order valence-electron chi connectivity index (χ4n) is 6.73. The third-order valence-electron chi connectivity index (χ3n) is 8.34. The Morgan fingerprint density at radius 3 is 1.89 bits per heavy atom. The first-order chi connectivity index (χ1) is 17.0. The maximum absolute atomic E-state index is 13.1. The third-order valence-corrected chi connectivity index (χ3v) is 8.34. The van der Waals surface area contributed by atoms with Gasteiger partial charge in [-0.2, -0.15) is 0 Å². The van der Waals surface area contributed by atoms with Crippen LogP contribution in [0.5, 0.6) is 0 Å². The van der Waals surface area contributed by atoms with Crippen molar-refractivity contribution in [1.82, 2.24) is 0 Å². The molecule has 178 valence electrons. The van der Waals surface area contributed by atoms with Gasteiger partial charge < -0.3 is 9.47 Å². The van der Waals surface area contributed by atoms with Crippen LogP contribution in [0, 0.1) is 17.8 Å². The predicted octanol–water partition coefficient (Wildman–Crippen LogP) is 6.17. The van der Waals surface area contributed by atoms with Gasteiger partial charge >= 0.3 is 11.9 Å². The Kier molecular flexibility index (Phi) is 5.47. The van der Waals surface area contributed by atoms with E-state index in [1.165, 1.54) is 16.7 Å². The molecular formula is C31H30O4. The van der Waals surface area contributed by atoms with Crippen LogP contribution in [0.4, 0.5) is 0 Å². The molecule has 0 aliphatic heterocycles. The minimum atomic E-state index is -0.449. The van der Waals surface area contributed by atoms with E-state index in [-0.39, 0.29) is 23.8 Å². The molecule has 6 unspecified atom stereocenters. The van der Waals surface area contributed by atoms with E-state index in [1.54, 1.807) is 24.3 Å². The topological polar surface area (TPSA) is 52.6 Å². The molecule has 4 heteroatoms. The van der Waals surface area contributed by atoms with Crippen LogP contribution in [0.15, 0.2) is 78.9 Å². The molecular weight excluding hydrogens is 436 g/mol. The summed E-state index contributed by atoms with van der Waals surface area (Å²) in [7, 11) is 0.